The van der Waals surface area contributed by atoms with Crippen molar-refractivity contribution in [1.82, 2.24) is 0 Å². The van der Waals surface area contributed by atoms with Gasteiger partial charge in [0.2, 0.25) is 0 Å². The number of ether oxygens (including phenoxy) is 1. The van der Waals surface area contributed by atoms with Crippen LogP contribution in [-0.4, -0.2) is 18.2 Å². The Labute approximate surface area is 96.4 Å². The van der Waals surface area contributed by atoms with Crippen molar-refractivity contribution in [3.05, 3.63) is 28.5 Å². The third-order valence-electron chi connectivity index (χ3n) is 2.37. The fourth-order valence-corrected chi connectivity index (χ4v) is 1.99. The van der Waals surface area contributed by atoms with Crippen LogP contribution in [-0.2, 0) is 0 Å². The van der Waals surface area contributed by atoms with Gasteiger partial charge in [0.1, 0.15) is 22.7 Å². The van der Waals surface area contributed by atoms with Gasteiger partial charge in [0, 0.05) is 0 Å². The summed E-state index contributed by atoms with van der Waals surface area (Å²) in [6.45, 7) is 1.59. The maximum absolute atomic E-state index is 11.1. The van der Waals surface area contributed by atoms with Crippen LogP contribution in [0.5, 0.6) is 5.75 Å². The molecule has 0 aliphatic rings. The summed E-state index contributed by atoms with van der Waals surface area (Å²) >= 11 is 6.06. The van der Waals surface area contributed by atoms with Gasteiger partial charge in [-0.3, -0.25) is 0 Å². The highest BCUT2D eigenvalue weighted by Crippen LogP contribution is 2.37. The first kappa shape index (κ1) is 10.8. The van der Waals surface area contributed by atoms with Crippen LogP contribution in [0.4, 0.5) is 0 Å². The van der Waals surface area contributed by atoms with Crippen LogP contribution >= 0.6 is 11.6 Å². The Hall–Kier alpha value is -1.68. The summed E-state index contributed by atoms with van der Waals surface area (Å²) in [7, 11) is 1.47. The zero-order chi connectivity index (χ0) is 11.9. The first-order valence-corrected chi connectivity index (χ1v) is 4.93. The number of carboxylic acid groups (broad SMARTS) is 1. The number of furan rings is 1. The lowest BCUT2D eigenvalue weighted by Gasteiger charge is -2.03. The molecule has 0 aliphatic heterocycles. The van der Waals surface area contributed by atoms with Crippen LogP contribution in [0.1, 0.15) is 16.1 Å². The number of benzene rings is 1. The van der Waals surface area contributed by atoms with E-state index < -0.39 is 5.97 Å². The molecule has 2 aromatic rings. The third kappa shape index (κ3) is 1.42. The lowest BCUT2D eigenvalue weighted by atomic mass is 10.1. The van der Waals surface area contributed by atoms with Crippen LogP contribution in [0, 0.1) is 6.92 Å². The zero-order valence-corrected chi connectivity index (χ0v) is 9.46. The van der Waals surface area contributed by atoms with Crippen LogP contribution in [0.3, 0.4) is 0 Å². The van der Waals surface area contributed by atoms with E-state index in [2.05, 4.69) is 0 Å². The SMILES string of the molecule is COc1ccc2oc(C)c(C(=O)O)c2c1Cl. The van der Waals surface area contributed by atoms with Crippen LogP contribution < -0.4 is 4.74 Å². The molecule has 1 heterocycles. The molecule has 0 aliphatic carbocycles. The molecule has 0 radical (unpaired) electrons. The van der Waals surface area contributed by atoms with E-state index >= 15 is 0 Å². The molecule has 1 N–H and O–H groups in total. The smallest absolute Gasteiger partial charge is 0.339 e. The highest BCUT2D eigenvalue weighted by Gasteiger charge is 2.21. The molecule has 0 bridgehead atoms. The Kier molecular flexibility index (Phi) is 2.52. The number of aromatic carboxylic acids is 1. The van der Waals surface area contributed by atoms with E-state index in [4.69, 9.17) is 25.9 Å². The molecule has 84 valence electrons. The second-order valence-electron chi connectivity index (χ2n) is 3.29. The van der Waals surface area contributed by atoms with E-state index in [9.17, 15) is 4.79 Å². The van der Waals surface area contributed by atoms with Gasteiger partial charge in [0.05, 0.1) is 17.5 Å². The minimum Gasteiger partial charge on any atom is -0.495 e. The van der Waals surface area contributed by atoms with E-state index in [1.807, 2.05) is 0 Å². The summed E-state index contributed by atoms with van der Waals surface area (Å²) < 4.78 is 10.4. The molecule has 1 aromatic carbocycles. The summed E-state index contributed by atoms with van der Waals surface area (Å²) in [5.41, 5.74) is 0.527. The molecule has 0 unspecified atom stereocenters. The van der Waals surface area contributed by atoms with Crippen molar-refractivity contribution < 1.29 is 19.1 Å². The maximum atomic E-state index is 11.1. The minimum atomic E-state index is -1.06. The number of carboxylic acids is 1. The van der Waals surface area contributed by atoms with Gasteiger partial charge in [0.25, 0.3) is 0 Å². The predicted molar refractivity (Wildman–Crippen MR) is 59.5 cm³/mol. The van der Waals surface area contributed by atoms with Crippen molar-refractivity contribution in [3.8, 4) is 5.75 Å². The Balaban J connectivity index is 2.89. The van der Waals surface area contributed by atoms with E-state index in [0.29, 0.717) is 22.5 Å². The molecule has 1 aromatic heterocycles. The molecular formula is C11H9ClO4. The average Bonchev–Trinajstić information content (AvgIpc) is 2.56. The molecule has 0 saturated heterocycles. The normalized spacial score (nSPS) is 10.7. The van der Waals surface area contributed by atoms with Gasteiger partial charge in [-0.25, -0.2) is 4.79 Å². The van der Waals surface area contributed by atoms with Crippen LogP contribution in [0.15, 0.2) is 16.5 Å². The van der Waals surface area contributed by atoms with Gasteiger partial charge < -0.3 is 14.3 Å². The molecule has 0 atom stereocenters. The highest BCUT2D eigenvalue weighted by molar-refractivity contribution is 6.38. The van der Waals surface area contributed by atoms with Gasteiger partial charge in [-0.1, -0.05) is 11.6 Å². The third-order valence-corrected chi connectivity index (χ3v) is 2.74. The fourth-order valence-electron chi connectivity index (χ4n) is 1.66. The van der Waals surface area contributed by atoms with Gasteiger partial charge in [-0.15, -0.1) is 0 Å². The predicted octanol–water partition coefficient (Wildman–Crippen LogP) is 3.10. The summed E-state index contributed by atoms with van der Waals surface area (Å²) in [6, 6.07) is 3.28. The van der Waals surface area contributed by atoms with E-state index in [-0.39, 0.29) is 10.6 Å². The largest absolute Gasteiger partial charge is 0.495 e. The average molecular weight is 241 g/mol. The van der Waals surface area contributed by atoms with E-state index in [0.717, 1.165) is 0 Å². The molecule has 5 heteroatoms. The summed E-state index contributed by atoms with van der Waals surface area (Å²) in [6.07, 6.45) is 0. The molecule has 4 nitrogen and oxygen atoms in total. The first-order valence-electron chi connectivity index (χ1n) is 4.55. The Bertz CT molecular complexity index is 571. The summed E-state index contributed by atoms with van der Waals surface area (Å²) in [5, 5.41) is 9.72. The number of aryl methyl sites for hydroxylation is 1. The van der Waals surface area contributed by atoms with Crippen molar-refractivity contribution in [2.45, 2.75) is 6.92 Å². The first-order chi connectivity index (χ1) is 7.56. The van der Waals surface area contributed by atoms with Gasteiger partial charge in [-0.2, -0.15) is 0 Å². The van der Waals surface area contributed by atoms with E-state index in [1.165, 1.54) is 7.11 Å². The van der Waals surface area contributed by atoms with Crippen molar-refractivity contribution in [3.63, 3.8) is 0 Å². The molecule has 0 amide bonds. The molecule has 0 saturated carbocycles. The maximum Gasteiger partial charge on any atom is 0.339 e. The van der Waals surface area contributed by atoms with Crippen molar-refractivity contribution in [2.75, 3.05) is 7.11 Å². The van der Waals surface area contributed by atoms with Crippen molar-refractivity contribution in [2.24, 2.45) is 0 Å². The Morgan fingerprint density at radius 2 is 2.19 bits per heavy atom. The van der Waals surface area contributed by atoms with Gasteiger partial charge in [0.15, 0.2) is 0 Å². The van der Waals surface area contributed by atoms with Gasteiger partial charge >= 0.3 is 5.97 Å². The molecular weight excluding hydrogens is 232 g/mol. The number of carbonyl (C=O) groups is 1. The number of hydrogen-bond donors (Lipinski definition) is 1. The van der Waals surface area contributed by atoms with Gasteiger partial charge in [-0.05, 0) is 19.1 Å². The van der Waals surface area contributed by atoms with Crippen LogP contribution in [0.2, 0.25) is 5.02 Å². The Morgan fingerprint density at radius 3 is 2.75 bits per heavy atom. The zero-order valence-electron chi connectivity index (χ0n) is 8.70. The second-order valence-corrected chi connectivity index (χ2v) is 3.67. The topological polar surface area (TPSA) is 59.7 Å². The summed E-state index contributed by atoms with van der Waals surface area (Å²) in [4.78, 5) is 11.1. The number of methoxy groups -OCH3 is 1. The second kappa shape index (κ2) is 3.72. The lowest BCUT2D eigenvalue weighted by molar-refractivity contribution is 0.0697. The number of halogens is 1. The Morgan fingerprint density at radius 1 is 1.50 bits per heavy atom. The highest BCUT2D eigenvalue weighted by atomic mass is 35.5. The monoisotopic (exact) mass is 240 g/mol. The molecule has 2 rings (SSSR count). The van der Waals surface area contributed by atoms with Crippen molar-refractivity contribution >= 4 is 28.5 Å². The number of hydrogen-bond acceptors (Lipinski definition) is 3. The van der Waals surface area contributed by atoms with Crippen molar-refractivity contribution in [1.29, 1.82) is 0 Å². The lowest BCUT2D eigenvalue weighted by Crippen LogP contribution is -1.97. The van der Waals surface area contributed by atoms with E-state index in [1.54, 1.807) is 19.1 Å². The molecule has 0 fully saturated rings. The standard InChI is InChI=1S/C11H9ClO4/c1-5-8(11(13)14)9-6(16-5)3-4-7(15-2)10(9)12/h3-4H,1-2H3,(H,13,14). The molecule has 0 spiro atoms. The number of fused-ring (bicyclic) bond motifs is 1. The quantitative estimate of drug-likeness (QED) is 0.876. The fraction of sp³-hybridized carbons (Fsp3) is 0.182. The minimum absolute atomic E-state index is 0.0823. The summed E-state index contributed by atoms with van der Waals surface area (Å²) in [5.74, 6) is -0.304. The number of rotatable bonds is 2. The van der Waals surface area contributed by atoms with Crippen LogP contribution in [0.25, 0.3) is 11.0 Å². The molecule has 16 heavy (non-hydrogen) atoms.